The number of aliphatic hydroxyl groups is 1. The minimum atomic E-state index is -1.10. The van der Waals surface area contributed by atoms with Crippen LogP contribution in [-0.4, -0.2) is 82.3 Å². The fraction of sp³-hybridized carbons (Fsp3) is 0.720. The molecule has 0 aromatic carbocycles. The minimum absolute atomic E-state index is 0.0911. The number of carbonyl (C=O) groups excluding carboxylic acids is 3. The molecule has 184 valence electrons. The molecule has 3 aliphatic rings. The molecule has 3 rings (SSSR count). The SMILES string of the molecule is C=CCCOC(=O)[C@@H]1[C@H]2C(=O)N([C@@H](CO)C(C)C)C(C(=O)N(CC=C)C(C)C)C23CC[C@H]1O3. The van der Waals surface area contributed by atoms with Crippen molar-refractivity contribution in [1.82, 2.24) is 9.80 Å². The zero-order valence-electron chi connectivity index (χ0n) is 20.2. The second-order valence-electron chi connectivity index (χ2n) is 9.91. The minimum Gasteiger partial charge on any atom is -0.465 e. The molecule has 3 fully saturated rings. The Hall–Kier alpha value is -2.19. The second-order valence-corrected chi connectivity index (χ2v) is 9.91. The third kappa shape index (κ3) is 4.12. The van der Waals surface area contributed by atoms with Gasteiger partial charge in [0.25, 0.3) is 0 Å². The highest BCUT2D eigenvalue weighted by molar-refractivity contribution is 5.98. The summed E-state index contributed by atoms with van der Waals surface area (Å²) in [6, 6.07) is -1.59. The molecule has 0 radical (unpaired) electrons. The zero-order chi connectivity index (χ0) is 24.5. The summed E-state index contributed by atoms with van der Waals surface area (Å²) in [7, 11) is 0. The van der Waals surface area contributed by atoms with E-state index in [0.29, 0.717) is 25.8 Å². The molecule has 3 aliphatic heterocycles. The largest absolute Gasteiger partial charge is 0.465 e. The van der Waals surface area contributed by atoms with Crippen LogP contribution < -0.4 is 0 Å². The molecular weight excluding hydrogens is 424 g/mol. The first kappa shape index (κ1) is 25.4. The number of likely N-dealkylation sites (tertiary alicyclic amines) is 1. The number of nitrogens with zero attached hydrogens (tertiary/aromatic N) is 2. The summed E-state index contributed by atoms with van der Waals surface area (Å²) < 4.78 is 11.8. The van der Waals surface area contributed by atoms with Gasteiger partial charge in [-0.25, -0.2) is 0 Å². The molecule has 2 amide bonds. The lowest BCUT2D eigenvalue weighted by molar-refractivity contribution is -0.157. The van der Waals surface area contributed by atoms with E-state index >= 15 is 0 Å². The molecule has 1 spiro atoms. The molecule has 0 saturated carbocycles. The third-order valence-corrected chi connectivity index (χ3v) is 7.36. The summed E-state index contributed by atoms with van der Waals surface area (Å²) in [5.41, 5.74) is -1.10. The number of hydrogen-bond acceptors (Lipinski definition) is 6. The number of fused-ring (bicyclic) bond motifs is 1. The molecule has 33 heavy (non-hydrogen) atoms. The molecular formula is C25H38N2O6. The van der Waals surface area contributed by atoms with Gasteiger partial charge in [-0.3, -0.25) is 14.4 Å². The van der Waals surface area contributed by atoms with Crippen molar-refractivity contribution in [2.24, 2.45) is 17.8 Å². The molecule has 3 saturated heterocycles. The standard InChI is InChI=1S/C25H38N2O6/c1-7-9-13-32-24(31)19-18-10-11-25(33-18)20(19)22(29)27(17(14-28)15(3)4)21(25)23(30)26(12-8-2)16(5)6/h7-8,15-21,28H,1-2,9-14H2,3-6H3/t17-,18+,19-,20-,21?,25?/m0/s1. The number of ether oxygens (including phenoxy) is 2. The number of rotatable bonds is 11. The molecule has 1 N–H and O–H groups in total. The maximum Gasteiger partial charge on any atom is 0.312 e. The third-order valence-electron chi connectivity index (χ3n) is 7.36. The molecule has 2 bridgehead atoms. The topological polar surface area (TPSA) is 96.4 Å². The summed E-state index contributed by atoms with van der Waals surface area (Å²) in [6.07, 6.45) is 4.48. The number of amides is 2. The van der Waals surface area contributed by atoms with Crippen molar-refractivity contribution in [1.29, 1.82) is 0 Å². The Bertz CT molecular complexity index is 796. The summed E-state index contributed by atoms with van der Waals surface area (Å²) in [5, 5.41) is 10.2. The fourth-order valence-electron chi connectivity index (χ4n) is 5.81. The Kier molecular flexibility index (Phi) is 7.69. The van der Waals surface area contributed by atoms with Gasteiger partial charge in [0, 0.05) is 12.6 Å². The number of esters is 1. The first-order valence-electron chi connectivity index (χ1n) is 12.0. The average molecular weight is 463 g/mol. The van der Waals surface area contributed by atoms with Crippen LogP contribution in [0, 0.1) is 17.8 Å². The average Bonchev–Trinajstić information content (AvgIpc) is 3.40. The van der Waals surface area contributed by atoms with Gasteiger partial charge in [0.1, 0.15) is 11.6 Å². The van der Waals surface area contributed by atoms with Gasteiger partial charge in [0.15, 0.2) is 0 Å². The first-order valence-corrected chi connectivity index (χ1v) is 12.0. The highest BCUT2D eigenvalue weighted by Crippen LogP contribution is 2.59. The van der Waals surface area contributed by atoms with Crippen LogP contribution in [0.4, 0.5) is 0 Å². The van der Waals surface area contributed by atoms with Gasteiger partial charge in [-0.2, -0.15) is 0 Å². The van der Waals surface area contributed by atoms with Gasteiger partial charge in [-0.1, -0.05) is 26.0 Å². The normalized spacial score (nSPS) is 31.1. The molecule has 0 aromatic rings. The number of carbonyl (C=O) groups is 3. The van der Waals surface area contributed by atoms with E-state index in [1.807, 2.05) is 27.7 Å². The molecule has 6 atom stereocenters. The van der Waals surface area contributed by atoms with Crippen molar-refractivity contribution in [3.63, 3.8) is 0 Å². The molecule has 8 nitrogen and oxygen atoms in total. The van der Waals surface area contributed by atoms with E-state index in [1.165, 1.54) is 4.90 Å². The summed E-state index contributed by atoms with van der Waals surface area (Å²) >= 11 is 0. The van der Waals surface area contributed by atoms with Crippen LogP contribution in [0.15, 0.2) is 25.3 Å². The molecule has 0 aliphatic carbocycles. The summed E-state index contributed by atoms with van der Waals surface area (Å²) in [6.45, 7) is 15.3. The maximum atomic E-state index is 14.0. The van der Waals surface area contributed by atoms with E-state index in [1.54, 1.807) is 17.1 Å². The smallest absolute Gasteiger partial charge is 0.312 e. The van der Waals surface area contributed by atoms with Gasteiger partial charge >= 0.3 is 5.97 Å². The molecule has 8 heteroatoms. The Balaban J connectivity index is 2.06. The number of aliphatic hydroxyl groups excluding tert-OH is 1. The lowest BCUT2D eigenvalue weighted by Gasteiger charge is -2.41. The van der Waals surface area contributed by atoms with Crippen LogP contribution in [0.2, 0.25) is 0 Å². The fourth-order valence-corrected chi connectivity index (χ4v) is 5.81. The van der Waals surface area contributed by atoms with Crippen LogP contribution in [0.5, 0.6) is 0 Å². The highest BCUT2D eigenvalue weighted by atomic mass is 16.6. The van der Waals surface area contributed by atoms with E-state index in [4.69, 9.17) is 9.47 Å². The van der Waals surface area contributed by atoms with E-state index in [9.17, 15) is 19.5 Å². The van der Waals surface area contributed by atoms with Crippen molar-refractivity contribution < 1.29 is 29.0 Å². The Morgan fingerprint density at radius 1 is 1.30 bits per heavy atom. The quantitative estimate of drug-likeness (QED) is 0.286. The van der Waals surface area contributed by atoms with Crippen molar-refractivity contribution >= 4 is 17.8 Å². The van der Waals surface area contributed by atoms with Gasteiger partial charge in [-0.15, -0.1) is 13.2 Å². The molecule has 2 unspecified atom stereocenters. The Labute approximate surface area is 196 Å². The van der Waals surface area contributed by atoms with Crippen molar-refractivity contribution in [2.45, 2.75) is 76.8 Å². The second kappa shape index (κ2) is 9.97. The van der Waals surface area contributed by atoms with Gasteiger partial charge < -0.3 is 24.4 Å². The Morgan fingerprint density at radius 2 is 2.00 bits per heavy atom. The van der Waals surface area contributed by atoms with Crippen molar-refractivity contribution in [3.8, 4) is 0 Å². The van der Waals surface area contributed by atoms with Crippen LogP contribution in [0.3, 0.4) is 0 Å². The molecule has 3 heterocycles. The van der Waals surface area contributed by atoms with Gasteiger partial charge in [0.2, 0.25) is 11.8 Å². The Morgan fingerprint density at radius 3 is 2.55 bits per heavy atom. The lowest BCUT2D eigenvalue weighted by Crippen LogP contribution is -2.60. The predicted octanol–water partition coefficient (Wildman–Crippen LogP) is 1.92. The van der Waals surface area contributed by atoms with Crippen molar-refractivity contribution in [3.05, 3.63) is 25.3 Å². The van der Waals surface area contributed by atoms with E-state index in [-0.39, 0.29) is 37.0 Å². The highest BCUT2D eigenvalue weighted by Gasteiger charge is 2.75. The van der Waals surface area contributed by atoms with Crippen LogP contribution in [0.25, 0.3) is 0 Å². The monoisotopic (exact) mass is 462 g/mol. The van der Waals surface area contributed by atoms with E-state index in [2.05, 4.69) is 13.2 Å². The van der Waals surface area contributed by atoms with Gasteiger partial charge in [0.05, 0.1) is 37.2 Å². The van der Waals surface area contributed by atoms with E-state index < -0.39 is 41.6 Å². The van der Waals surface area contributed by atoms with Crippen LogP contribution in [0.1, 0.15) is 47.0 Å². The summed E-state index contributed by atoms with van der Waals surface area (Å²) in [4.78, 5) is 44.1. The molecule has 0 aromatic heterocycles. The van der Waals surface area contributed by atoms with Gasteiger partial charge in [-0.05, 0) is 39.0 Å². The zero-order valence-corrected chi connectivity index (χ0v) is 20.2. The first-order chi connectivity index (χ1) is 15.7. The number of hydrogen-bond donors (Lipinski definition) is 1. The maximum absolute atomic E-state index is 14.0. The summed E-state index contributed by atoms with van der Waals surface area (Å²) in [5.74, 6) is -2.66. The van der Waals surface area contributed by atoms with E-state index in [0.717, 1.165) is 0 Å². The van der Waals surface area contributed by atoms with Crippen molar-refractivity contribution in [2.75, 3.05) is 19.8 Å². The van der Waals surface area contributed by atoms with Crippen LogP contribution in [-0.2, 0) is 23.9 Å². The predicted molar refractivity (Wildman–Crippen MR) is 123 cm³/mol. The lowest BCUT2D eigenvalue weighted by atomic mass is 9.70. The van der Waals surface area contributed by atoms with Crippen LogP contribution >= 0.6 is 0 Å².